The molecule has 0 N–H and O–H groups in total. The molecule has 0 aliphatic heterocycles. The number of rotatable bonds is 4. The summed E-state index contributed by atoms with van der Waals surface area (Å²) in [5, 5.41) is 0. The summed E-state index contributed by atoms with van der Waals surface area (Å²) in [6.07, 6.45) is 4.55. The molecule has 1 aliphatic carbocycles. The summed E-state index contributed by atoms with van der Waals surface area (Å²) in [5.41, 5.74) is 1.45. The number of halogens is 1. The Kier molecular flexibility index (Phi) is 3.62. The van der Waals surface area contributed by atoms with Crippen LogP contribution in [0.15, 0.2) is 18.3 Å². The first kappa shape index (κ1) is 12.7. The average Bonchev–Trinajstić information content (AvgIpc) is 3.09. The molecule has 0 bridgehead atoms. The molecular formula is C14H21ClN2. The molecular weight excluding hydrogens is 232 g/mol. The Morgan fingerprint density at radius 3 is 2.47 bits per heavy atom. The van der Waals surface area contributed by atoms with E-state index >= 15 is 0 Å². The largest absolute Gasteiger partial charge is 0.352 e. The van der Waals surface area contributed by atoms with Gasteiger partial charge in [0.15, 0.2) is 0 Å². The first-order chi connectivity index (χ1) is 8.02. The number of nitrogens with zero attached hydrogens (tertiary/aromatic N) is 2. The molecule has 0 saturated heterocycles. The van der Waals surface area contributed by atoms with E-state index in [0.29, 0.717) is 11.9 Å². The molecule has 1 aliphatic rings. The van der Waals surface area contributed by atoms with E-state index in [4.69, 9.17) is 11.6 Å². The maximum Gasteiger partial charge on any atom is 0.128 e. The minimum atomic E-state index is 0.169. The predicted molar refractivity (Wildman–Crippen MR) is 74.0 cm³/mol. The molecule has 2 nitrogen and oxygen atoms in total. The predicted octanol–water partition coefficient (Wildman–Crippen LogP) is 3.59. The van der Waals surface area contributed by atoms with Gasteiger partial charge in [-0.3, -0.25) is 0 Å². The average molecular weight is 253 g/mol. The second-order valence-electron chi connectivity index (χ2n) is 5.77. The summed E-state index contributed by atoms with van der Waals surface area (Å²) in [4.78, 5) is 6.93. The molecule has 0 atom stereocenters. The third-order valence-corrected chi connectivity index (χ3v) is 3.39. The van der Waals surface area contributed by atoms with Crippen molar-refractivity contribution in [1.29, 1.82) is 0 Å². The number of anilines is 1. The summed E-state index contributed by atoms with van der Waals surface area (Å²) in [6.45, 7) is 7.53. The molecule has 0 spiro atoms. The van der Waals surface area contributed by atoms with Gasteiger partial charge >= 0.3 is 0 Å². The van der Waals surface area contributed by atoms with Gasteiger partial charge in [0.1, 0.15) is 5.82 Å². The Hall–Kier alpha value is -0.760. The summed E-state index contributed by atoms with van der Waals surface area (Å²) < 4.78 is 0. The lowest BCUT2D eigenvalue weighted by molar-refractivity contribution is 0.587. The maximum absolute atomic E-state index is 5.85. The number of pyridine rings is 1. The van der Waals surface area contributed by atoms with Crippen LogP contribution in [0.1, 0.15) is 39.2 Å². The minimum Gasteiger partial charge on any atom is -0.352 e. The number of hydrogen-bond acceptors (Lipinski definition) is 2. The van der Waals surface area contributed by atoms with Crippen LogP contribution in [0.3, 0.4) is 0 Å². The van der Waals surface area contributed by atoms with E-state index in [1.54, 1.807) is 0 Å². The Morgan fingerprint density at radius 2 is 2.06 bits per heavy atom. The summed E-state index contributed by atoms with van der Waals surface area (Å²) in [6, 6.07) is 4.99. The van der Waals surface area contributed by atoms with Crippen molar-refractivity contribution in [1.82, 2.24) is 4.98 Å². The molecule has 0 radical (unpaired) electrons. The monoisotopic (exact) mass is 252 g/mol. The topological polar surface area (TPSA) is 16.1 Å². The van der Waals surface area contributed by atoms with Gasteiger partial charge in [0.2, 0.25) is 0 Å². The third kappa shape index (κ3) is 3.12. The van der Waals surface area contributed by atoms with Crippen molar-refractivity contribution < 1.29 is 0 Å². The fraction of sp³-hybridized carbons (Fsp3) is 0.643. The summed E-state index contributed by atoms with van der Waals surface area (Å²) in [5.74, 6) is 1.74. The van der Waals surface area contributed by atoms with Gasteiger partial charge in [0, 0.05) is 24.7 Å². The maximum atomic E-state index is 5.85. The van der Waals surface area contributed by atoms with Gasteiger partial charge in [-0.25, -0.2) is 4.98 Å². The molecule has 3 heteroatoms. The summed E-state index contributed by atoms with van der Waals surface area (Å²) in [7, 11) is 0. The molecule has 1 saturated carbocycles. The Bertz CT molecular complexity index is 363. The van der Waals surface area contributed by atoms with E-state index in [2.05, 4.69) is 42.8 Å². The zero-order chi connectivity index (χ0) is 12.5. The molecule has 0 amide bonds. The van der Waals surface area contributed by atoms with Crippen molar-refractivity contribution in [3.05, 3.63) is 23.9 Å². The van der Waals surface area contributed by atoms with E-state index in [9.17, 15) is 0 Å². The number of hydrogen-bond donors (Lipinski definition) is 0. The molecule has 0 aromatic carbocycles. The molecule has 1 fully saturated rings. The lowest BCUT2D eigenvalue weighted by Crippen LogP contribution is -2.28. The normalized spacial score (nSPS) is 16.0. The van der Waals surface area contributed by atoms with Crippen LogP contribution in [-0.2, 0) is 5.41 Å². The minimum absolute atomic E-state index is 0.169. The van der Waals surface area contributed by atoms with Gasteiger partial charge in [-0.05, 0) is 29.9 Å². The number of aromatic nitrogens is 1. The van der Waals surface area contributed by atoms with Crippen molar-refractivity contribution in [2.24, 2.45) is 0 Å². The summed E-state index contributed by atoms with van der Waals surface area (Å²) >= 11 is 5.85. The first-order valence-corrected chi connectivity index (χ1v) is 6.85. The van der Waals surface area contributed by atoms with Crippen LogP contribution in [0, 0.1) is 0 Å². The highest BCUT2D eigenvalue weighted by Crippen LogP contribution is 2.31. The highest BCUT2D eigenvalue weighted by molar-refractivity contribution is 6.18. The molecule has 1 heterocycles. The van der Waals surface area contributed by atoms with Gasteiger partial charge in [-0.1, -0.05) is 26.8 Å². The van der Waals surface area contributed by atoms with Gasteiger partial charge in [-0.2, -0.15) is 0 Å². The lowest BCUT2D eigenvalue weighted by atomic mass is 9.88. The van der Waals surface area contributed by atoms with E-state index < -0.39 is 0 Å². The Morgan fingerprint density at radius 1 is 1.35 bits per heavy atom. The van der Waals surface area contributed by atoms with Crippen molar-refractivity contribution in [2.45, 2.75) is 45.1 Å². The Labute approximate surface area is 109 Å². The zero-order valence-electron chi connectivity index (χ0n) is 10.9. The van der Waals surface area contributed by atoms with Crippen LogP contribution in [0.2, 0.25) is 0 Å². The van der Waals surface area contributed by atoms with Crippen LogP contribution in [0.4, 0.5) is 5.82 Å². The fourth-order valence-electron chi connectivity index (χ4n) is 1.96. The molecule has 1 aromatic rings. The Balaban J connectivity index is 2.15. The molecule has 1 aromatic heterocycles. The highest BCUT2D eigenvalue weighted by Gasteiger charge is 2.29. The third-order valence-electron chi connectivity index (χ3n) is 3.22. The smallest absolute Gasteiger partial charge is 0.128 e. The fourth-order valence-corrected chi connectivity index (χ4v) is 2.14. The van der Waals surface area contributed by atoms with Crippen LogP contribution in [0.25, 0.3) is 0 Å². The lowest BCUT2D eigenvalue weighted by Gasteiger charge is -2.24. The van der Waals surface area contributed by atoms with Crippen LogP contribution < -0.4 is 4.90 Å². The molecule has 17 heavy (non-hydrogen) atoms. The van der Waals surface area contributed by atoms with Crippen LogP contribution in [0.5, 0.6) is 0 Å². The van der Waals surface area contributed by atoms with Crippen molar-refractivity contribution in [3.63, 3.8) is 0 Å². The van der Waals surface area contributed by atoms with E-state index in [-0.39, 0.29) is 5.41 Å². The standard InChI is InChI=1S/C14H21ClN2/c1-14(2,3)11-4-7-13(16-10-11)17(9-8-15)12-5-6-12/h4,7,10,12H,5-6,8-9H2,1-3H3. The first-order valence-electron chi connectivity index (χ1n) is 6.31. The van der Waals surface area contributed by atoms with E-state index in [0.717, 1.165) is 12.4 Å². The van der Waals surface area contributed by atoms with Gasteiger partial charge in [0.25, 0.3) is 0 Å². The molecule has 94 valence electrons. The van der Waals surface area contributed by atoms with Gasteiger partial charge in [0.05, 0.1) is 0 Å². The van der Waals surface area contributed by atoms with Crippen molar-refractivity contribution in [3.8, 4) is 0 Å². The second-order valence-corrected chi connectivity index (χ2v) is 6.15. The molecule has 0 unspecified atom stereocenters. The zero-order valence-corrected chi connectivity index (χ0v) is 11.7. The van der Waals surface area contributed by atoms with Crippen LogP contribution in [-0.4, -0.2) is 23.5 Å². The van der Waals surface area contributed by atoms with Gasteiger partial charge in [-0.15, -0.1) is 11.6 Å². The molecule has 2 rings (SSSR count). The second kappa shape index (κ2) is 4.85. The van der Waals surface area contributed by atoms with E-state index in [1.807, 2.05) is 6.20 Å². The highest BCUT2D eigenvalue weighted by atomic mass is 35.5. The van der Waals surface area contributed by atoms with Crippen molar-refractivity contribution >= 4 is 17.4 Å². The van der Waals surface area contributed by atoms with Crippen molar-refractivity contribution in [2.75, 3.05) is 17.3 Å². The van der Waals surface area contributed by atoms with Crippen LogP contribution >= 0.6 is 11.6 Å². The SMILES string of the molecule is CC(C)(C)c1ccc(N(CCCl)C2CC2)nc1. The number of alkyl halides is 1. The van der Waals surface area contributed by atoms with E-state index in [1.165, 1.54) is 18.4 Å². The quantitative estimate of drug-likeness (QED) is 0.762. The van der Waals surface area contributed by atoms with Gasteiger partial charge < -0.3 is 4.90 Å².